The summed E-state index contributed by atoms with van der Waals surface area (Å²) in [5.74, 6) is 3.28. The van der Waals surface area contributed by atoms with Crippen molar-refractivity contribution in [1.82, 2.24) is 25.4 Å². The van der Waals surface area contributed by atoms with Crippen LogP contribution in [-0.4, -0.2) is 46.5 Å². The van der Waals surface area contributed by atoms with E-state index in [1.54, 1.807) is 0 Å². The maximum absolute atomic E-state index is 5.45. The molecular weight excluding hydrogens is 292 g/mol. The lowest BCUT2D eigenvalue weighted by molar-refractivity contribution is 0.186. The highest BCUT2D eigenvalue weighted by Crippen LogP contribution is 2.17. The SMILES string of the molecule is Cc1nnc(CN=C(NCC2CCOC2)NC2CCCC2)n1C. The van der Waals surface area contributed by atoms with Gasteiger partial charge in [0.1, 0.15) is 12.4 Å². The Bertz CT molecular complexity index is 529. The van der Waals surface area contributed by atoms with Gasteiger partial charge >= 0.3 is 0 Å². The van der Waals surface area contributed by atoms with Gasteiger partial charge in [0.25, 0.3) is 0 Å². The van der Waals surface area contributed by atoms with Crippen LogP contribution in [0.3, 0.4) is 0 Å². The summed E-state index contributed by atoms with van der Waals surface area (Å²) in [6.45, 7) is 5.15. The summed E-state index contributed by atoms with van der Waals surface area (Å²) in [6.07, 6.45) is 6.21. The van der Waals surface area contributed by atoms with E-state index in [4.69, 9.17) is 9.73 Å². The smallest absolute Gasteiger partial charge is 0.191 e. The highest BCUT2D eigenvalue weighted by Gasteiger charge is 2.19. The maximum Gasteiger partial charge on any atom is 0.191 e. The molecule has 1 unspecified atom stereocenters. The van der Waals surface area contributed by atoms with Gasteiger partial charge in [-0.25, -0.2) is 4.99 Å². The molecule has 2 aliphatic rings. The molecule has 1 aromatic heterocycles. The van der Waals surface area contributed by atoms with Crippen molar-refractivity contribution in [2.24, 2.45) is 18.0 Å². The van der Waals surface area contributed by atoms with E-state index in [-0.39, 0.29) is 0 Å². The lowest BCUT2D eigenvalue weighted by Crippen LogP contribution is -2.44. The van der Waals surface area contributed by atoms with Crippen molar-refractivity contribution in [3.05, 3.63) is 11.6 Å². The topological polar surface area (TPSA) is 76.4 Å². The van der Waals surface area contributed by atoms with Crippen LogP contribution in [0, 0.1) is 12.8 Å². The van der Waals surface area contributed by atoms with Gasteiger partial charge in [-0.15, -0.1) is 10.2 Å². The summed E-state index contributed by atoms with van der Waals surface area (Å²) >= 11 is 0. The van der Waals surface area contributed by atoms with Crippen LogP contribution < -0.4 is 10.6 Å². The summed E-state index contributed by atoms with van der Waals surface area (Å²) in [5, 5.41) is 15.3. The third kappa shape index (κ3) is 4.43. The lowest BCUT2D eigenvalue weighted by Gasteiger charge is -2.19. The second-order valence-corrected chi connectivity index (χ2v) is 6.62. The maximum atomic E-state index is 5.45. The molecule has 0 amide bonds. The van der Waals surface area contributed by atoms with Crippen LogP contribution in [-0.2, 0) is 18.3 Å². The minimum Gasteiger partial charge on any atom is -0.381 e. The molecule has 7 heteroatoms. The molecule has 0 spiro atoms. The number of aryl methyl sites for hydroxylation is 1. The number of rotatable bonds is 5. The van der Waals surface area contributed by atoms with Gasteiger partial charge in [0.05, 0.1) is 6.61 Å². The molecule has 1 atom stereocenters. The van der Waals surface area contributed by atoms with Gasteiger partial charge in [-0.3, -0.25) is 0 Å². The highest BCUT2D eigenvalue weighted by atomic mass is 16.5. The second kappa shape index (κ2) is 7.77. The number of aliphatic imine (C=N–C) groups is 1. The number of guanidine groups is 1. The average molecular weight is 320 g/mol. The average Bonchev–Trinajstić information content (AvgIpc) is 3.28. The van der Waals surface area contributed by atoms with E-state index in [1.165, 1.54) is 25.7 Å². The fourth-order valence-electron chi connectivity index (χ4n) is 3.14. The van der Waals surface area contributed by atoms with Gasteiger partial charge in [-0.2, -0.15) is 0 Å². The van der Waals surface area contributed by atoms with Crippen molar-refractivity contribution in [2.75, 3.05) is 19.8 Å². The van der Waals surface area contributed by atoms with Gasteiger partial charge < -0.3 is 19.9 Å². The fourth-order valence-corrected chi connectivity index (χ4v) is 3.14. The quantitative estimate of drug-likeness (QED) is 0.628. The van der Waals surface area contributed by atoms with E-state index in [9.17, 15) is 0 Å². The van der Waals surface area contributed by atoms with E-state index < -0.39 is 0 Å². The predicted molar refractivity (Wildman–Crippen MR) is 89.2 cm³/mol. The zero-order valence-corrected chi connectivity index (χ0v) is 14.2. The van der Waals surface area contributed by atoms with Crippen molar-refractivity contribution in [3.8, 4) is 0 Å². The van der Waals surface area contributed by atoms with Crippen molar-refractivity contribution in [2.45, 2.75) is 51.6 Å². The first-order valence-electron chi connectivity index (χ1n) is 8.70. The Hall–Kier alpha value is -1.63. The molecule has 1 aliphatic heterocycles. The second-order valence-electron chi connectivity index (χ2n) is 6.62. The van der Waals surface area contributed by atoms with E-state index in [2.05, 4.69) is 20.8 Å². The number of hydrogen-bond donors (Lipinski definition) is 2. The number of nitrogens with zero attached hydrogens (tertiary/aromatic N) is 4. The van der Waals surface area contributed by atoms with Crippen LogP contribution >= 0.6 is 0 Å². The standard InChI is InChI=1S/C16H28N6O/c1-12-20-21-15(22(12)2)10-18-16(19-14-5-3-4-6-14)17-9-13-7-8-23-11-13/h13-14H,3-11H2,1-2H3,(H2,17,18,19). The normalized spacial score (nSPS) is 22.7. The van der Waals surface area contributed by atoms with Crippen LogP contribution in [0.5, 0.6) is 0 Å². The molecule has 2 fully saturated rings. The first kappa shape index (κ1) is 16.2. The third-order valence-electron chi connectivity index (χ3n) is 4.84. The first-order chi connectivity index (χ1) is 11.2. The molecule has 0 aromatic carbocycles. The lowest BCUT2D eigenvalue weighted by atomic mass is 10.1. The molecule has 3 rings (SSSR count). The van der Waals surface area contributed by atoms with Crippen molar-refractivity contribution < 1.29 is 4.74 Å². The minimum absolute atomic E-state index is 0.542. The zero-order chi connectivity index (χ0) is 16.1. The predicted octanol–water partition coefficient (Wildman–Crippen LogP) is 1.14. The van der Waals surface area contributed by atoms with Crippen LogP contribution in [0.1, 0.15) is 43.8 Å². The third-order valence-corrected chi connectivity index (χ3v) is 4.84. The van der Waals surface area contributed by atoms with E-state index in [0.29, 0.717) is 18.5 Å². The Morgan fingerprint density at radius 1 is 1.30 bits per heavy atom. The molecule has 2 heterocycles. The van der Waals surface area contributed by atoms with Crippen molar-refractivity contribution >= 4 is 5.96 Å². The number of nitrogens with one attached hydrogen (secondary N) is 2. The van der Waals surface area contributed by atoms with Crippen LogP contribution in [0.2, 0.25) is 0 Å². The summed E-state index contributed by atoms with van der Waals surface area (Å²) < 4.78 is 7.44. The largest absolute Gasteiger partial charge is 0.381 e. The monoisotopic (exact) mass is 320 g/mol. The van der Waals surface area contributed by atoms with E-state index in [1.807, 2.05) is 18.5 Å². The molecule has 2 N–H and O–H groups in total. The summed E-state index contributed by atoms with van der Waals surface area (Å²) in [6, 6.07) is 0.544. The Balaban J connectivity index is 1.60. The minimum atomic E-state index is 0.542. The van der Waals surface area contributed by atoms with Gasteiger partial charge in [-0.1, -0.05) is 12.8 Å². The van der Waals surface area contributed by atoms with Crippen LogP contribution in [0.4, 0.5) is 0 Å². The number of ether oxygens (including phenoxy) is 1. The van der Waals surface area contributed by atoms with E-state index in [0.717, 1.165) is 43.8 Å². The summed E-state index contributed by atoms with van der Waals surface area (Å²) in [4.78, 5) is 4.72. The molecule has 1 saturated carbocycles. The Morgan fingerprint density at radius 2 is 2.13 bits per heavy atom. The fraction of sp³-hybridized carbons (Fsp3) is 0.812. The number of hydrogen-bond acceptors (Lipinski definition) is 4. The van der Waals surface area contributed by atoms with Crippen LogP contribution in [0.15, 0.2) is 4.99 Å². The summed E-state index contributed by atoms with van der Waals surface area (Å²) in [7, 11) is 1.98. The van der Waals surface area contributed by atoms with Crippen LogP contribution in [0.25, 0.3) is 0 Å². The molecule has 0 radical (unpaired) electrons. The van der Waals surface area contributed by atoms with Gasteiger partial charge in [0.15, 0.2) is 11.8 Å². The molecule has 23 heavy (non-hydrogen) atoms. The molecule has 1 saturated heterocycles. The molecular formula is C16H28N6O. The van der Waals surface area contributed by atoms with Crippen molar-refractivity contribution in [3.63, 3.8) is 0 Å². The van der Waals surface area contributed by atoms with Gasteiger partial charge in [0, 0.05) is 32.2 Å². The molecule has 7 nitrogen and oxygen atoms in total. The Labute approximate surface area is 137 Å². The van der Waals surface area contributed by atoms with Gasteiger partial charge in [0.2, 0.25) is 0 Å². The molecule has 0 bridgehead atoms. The first-order valence-corrected chi connectivity index (χ1v) is 8.70. The molecule has 1 aromatic rings. The molecule has 128 valence electrons. The molecule has 1 aliphatic carbocycles. The Kier molecular flexibility index (Phi) is 5.48. The van der Waals surface area contributed by atoms with E-state index >= 15 is 0 Å². The Morgan fingerprint density at radius 3 is 2.78 bits per heavy atom. The zero-order valence-electron chi connectivity index (χ0n) is 14.2. The van der Waals surface area contributed by atoms with Crippen molar-refractivity contribution in [1.29, 1.82) is 0 Å². The highest BCUT2D eigenvalue weighted by molar-refractivity contribution is 5.80. The summed E-state index contributed by atoms with van der Waals surface area (Å²) in [5.41, 5.74) is 0. The number of aromatic nitrogens is 3. The van der Waals surface area contributed by atoms with Gasteiger partial charge in [-0.05, 0) is 26.2 Å².